The van der Waals surface area contributed by atoms with Crippen molar-refractivity contribution in [3.63, 3.8) is 0 Å². The fraction of sp³-hybridized carbons (Fsp3) is 0.103. The van der Waals surface area contributed by atoms with Gasteiger partial charge in [-0.3, -0.25) is 4.79 Å². The van der Waals surface area contributed by atoms with Crippen molar-refractivity contribution < 1.29 is 14.3 Å². The number of rotatable bonds is 8. The highest BCUT2D eigenvalue weighted by molar-refractivity contribution is 14.1. The number of nitriles is 1. The molecule has 0 bridgehead atoms. The molecule has 0 saturated heterocycles. The van der Waals surface area contributed by atoms with Crippen molar-refractivity contribution in [1.29, 1.82) is 5.26 Å². The molecule has 180 valence electrons. The molecule has 36 heavy (non-hydrogen) atoms. The molecule has 0 aliphatic heterocycles. The number of hydrogen-bond donors (Lipinski definition) is 1. The van der Waals surface area contributed by atoms with Crippen LogP contribution in [0.2, 0.25) is 5.02 Å². The van der Waals surface area contributed by atoms with Crippen molar-refractivity contribution in [2.45, 2.75) is 13.5 Å². The van der Waals surface area contributed by atoms with Crippen molar-refractivity contribution in [2.75, 3.05) is 11.9 Å². The summed E-state index contributed by atoms with van der Waals surface area (Å²) in [5, 5.41) is 14.9. The lowest BCUT2D eigenvalue weighted by Gasteiger charge is -2.15. The van der Waals surface area contributed by atoms with E-state index in [1.165, 1.54) is 6.08 Å². The van der Waals surface area contributed by atoms with Gasteiger partial charge in [0.25, 0.3) is 5.91 Å². The molecule has 0 fully saturated rings. The minimum Gasteiger partial charge on any atom is -0.490 e. The van der Waals surface area contributed by atoms with Gasteiger partial charge in [0, 0.05) is 9.26 Å². The van der Waals surface area contributed by atoms with E-state index in [1.54, 1.807) is 18.2 Å². The number of fused-ring (bicyclic) bond motifs is 1. The molecule has 0 atom stereocenters. The van der Waals surface area contributed by atoms with E-state index in [-0.39, 0.29) is 5.57 Å². The third-order valence-electron chi connectivity index (χ3n) is 5.34. The number of nitrogens with one attached hydrogen (secondary N) is 1. The normalized spacial score (nSPS) is 11.1. The first kappa shape index (κ1) is 25.5. The summed E-state index contributed by atoms with van der Waals surface area (Å²) in [6, 6.07) is 26.8. The van der Waals surface area contributed by atoms with Crippen LogP contribution in [0, 0.1) is 14.9 Å². The van der Waals surface area contributed by atoms with Crippen LogP contribution in [0.4, 0.5) is 5.69 Å². The zero-order chi connectivity index (χ0) is 25.5. The van der Waals surface area contributed by atoms with Crippen LogP contribution in [0.25, 0.3) is 16.8 Å². The lowest BCUT2D eigenvalue weighted by Crippen LogP contribution is -2.13. The monoisotopic (exact) mass is 608 g/mol. The van der Waals surface area contributed by atoms with E-state index in [9.17, 15) is 10.1 Å². The first-order valence-electron chi connectivity index (χ1n) is 11.2. The average Bonchev–Trinajstić information content (AvgIpc) is 2.87. The Labute approximate surface area is 228 Å². The molecule has 0 spiro atoms. The van der Waals surface area contributed by atoms with Crippen LogP contribution in [0.3, 0.4) is 0 Å². The summed E-state index contributed by atoms with van der Waals surface area (Å²) >= 11 is 8.75. The van der Waals surface area contributed by atoms with Crippen LogP contribution >= 0.6 is 34.2 Å². The lowest BCUT2D eigenvalue weighted by atomic mass is 10.1. The summed E-state index contributed by atoms with van der Waals surface area (Å²) < 4.78 is 12.9. The van der Waals surface area contributed by atoms with Crippen molar-refractivity contribution in [3.05, 3.63) is 104 Å². The first-order chi connectivity index (χ1) is 17.5. The van der Waals surface area contributed by atoms with Crippen LogP contribution in [0.1, 0.15) is 18.1 Å². The summed E-state index contributed by atoms with van der Waals surface area (Å²) in [4.78, 5) is 12.7. The maximum absolute atomic E-state index is 12.7. The van der Waals surface area contributed by atoms with Crippen LogP contribution in [0.15, 0.2) is 84.4 Å². The number of benzene rings is 4. The van der Waals surface area contributed by atoms with Crippen molar-refractivity contribution in [2.24, 2.45) is 0 Å². The standard InChI is InChI=1S/C29H22ClIN2O3/c1-2-35-27-15-19(13-22(17-32)29(34)33-24-11-6-10-23(31)16-24)14-26(30)28(27)36-18-21-9-5-8-20-7-3-4-12-25(20)21/h3-16H,2,18H2,1H3,(H,33,34)/b22-13+. The van der Waals surface area contributed by atoms with Gasteiger partial charge in [-0.25, -0.2) is 0 Å². The van der Waals surface area contributed by atoms with Gasteiger partial charge in [-0.2, -0.15) is 5.26 Å². The molecule has 0 unspecified atom stereocenters. The number of carbonyl (C=O) groups is 1. The van der Waals surface area contributed by atoms with Gasteiger partial charge in [-0.15, -0.1) is 0 Å². The average molecular weight is 609 g/mol. The molecule has 0 heterocycles. The predicted molar refractivity (Wildman–Crippen MR) is 152 cm³/mol. The SMILES string of the molecule is CCOc1cc(/C=C(\C#N)C(=O)Nc2cccc(I)c2)cc(Cl)c1OCc1cccc2ccccc12. The van der Waals surface area contributed by atoms with Gasteiger partial charge < -0.3 is 14.8 Å². The van der Waals surface area contributed by atoms with Gasteiger partial charge in [0.15, 0.2) is 11.5 Å². The topological polar surface area (TPSA) is 71.3 Å². The summed E-state index contributed by atoms with van der Waals surface area (Å²) in [5.74, 6) is 0.335. The minimum absolute atomic E-state index is 0.0585. The van der Waals surface area contributed by atoms with Crippen molar-refractivity contribution in [3.8, 4) is 17.6 Å². The Morgan fingerprint density at radius 2 is 1.83 bits per heavy atom. The molecule has 7 heteroatoms. The molecule has 5 nitrogen and oxygen atoms in total. The molecule has 0 aliphatic rings. The number of halogens is 2. The van der Waals surface area contributed by atoms with E-state index in [4.69, 9.17) is 21.1 Å². The number of carbonyl (C=O) groups excluding carboxylic acids is 1. The smallest absolute Gasteiger partial charge is 0.266 e. The fourth-order valence-electron chi connectivity index (χ4n) is 3.72. The number of amides is 1. The minimum atomic E-state index is -0.509. The van der Waals surface area contributed by atoms with Crippen molar-refractivity contribution >= 4 is 62.6 Å². The van der Waals surface area contributed by atoms with Crippen molar-refractivity contribution in [1.82, 2.24) is 0 Å². The highest BCUT2D eigenvalue weighted by Gasteiger charge is 2.15. The van der Waals surface area contributed by atoms with E-state index < -0.39 is 5.91 Å². The molecule has 0 aromatic heterocycles. The first-order valence-corrected chi connectivity index (χ1v) is 12.7. The number of anilines is 1. The highest BCUT2D eigenvalue weighted by Crippen LogP contribution is 2.38. The van der Waals surface area contributed by atoms with Crippen LogP contribution in [0.5, 0.6) is 11.5 Å². The van der Waals surface area contributed by atoms with Gasteiger partial charge in [-0.05, 0) is 87.8 Å². The Balaban J connectivity index is 1.59. The molecule has 1 amide bonds. The summed E-state index contributed by atoms with van der Waals surface area (Å²) in [6.45, 7) is 2.56. The predicted octanol–water partition coefficient (Wildman–Crippen LogP) is 7.62. The van der Waals surface area contributed by atoms with E-state index in [1.807, 2.05) is 55.5 Å². The second-order valence-corrected chi connectivity index (χ2v) is 9.48. The van der Waals surface area contributed by atoms with Gasteiger partial charge in [0.2, 0.25) is 0 Å². The summed E-state index contributed by atoms with van der Waals surface area (Å²) in [7, 11) is 0. The van der Waals surface area contributed by atoms with Gasteiger partial charge in [-0.1, -0.05) is 60.1 Å². The molecule has 4 aromatic carbocycles. The molecule has 0 aliphatic carbocycles. The van der Waals surface area contributed by atoms with Crippen LogP contribution in [-0.4, -0.2) is 12.5 Å². The van der Waals surface area contributed by atoms with Crippen LogP contribution in [-0.2, 0) is 11.4 Å². The Bertz CT molecular complexity index is 1490. The highest BCUT2D eigenvalue weighted by atomic mass is 127. The Kier molecular flexibility index (Phi) is 8.47. The largest absolute Gasteiger partial charge is 0.490 e. The molecule has 1 N–H and O–H groups in total. The van der Waals surface area contributed by atoms with E-state index >= 15 is 0 Å². The Morgan fingerprint density at radius 3 is 2.61 bits per heavy atom. The number of nitrogens with zero attached hydrogens (tertiary/aromatic N) is 1. The van der Waals surface area contributed by atoms with Gasteiger partial charge in [0.05, 0.1) is 11.6 Å². The number of ether oxygens (including phenoxy) is 2. The fourth-order valence-corrected chi connectivity index (χ4v) is 4.54. The molecular weight excluding hydrogens is 587 g/mol. The van der Waals surface area contributed by atoms with E-state index in [0.717, 1.165) is 19.9 Å². The molecule has 4 aromatic rings. The maximum atomic E-state index is 12.7. The lowest BCUT2D eigenvalue weighted by molar-refractivity contribution is -0.112. The zero-order valence-electron chi connectivity index (χ0n) is 19.4. The van der Waals surface area contributed by atoms with E-state index in [0.29, 0.717) is 41.0 Å². The van der Waals surface area contributed by atoms with Crippen LogP contribution < -0.4 is 14.8 Å². The molecule has 0 saturated carbocycles. The zero-order valence-corrected chi connectivity index (χ0v) is 22.3. The summed E-state index contributed by atoms with van der Waals surface area (Å²) in [6.07, 6.45) is 1.48. The Hall–Kier alpha value is -3.54. The quantitative estimate of drug-likeness (QED) is 0.127. The second-order valence-electron chi connectivity index (χ2n) is 7.82. The molecular formula is C29H22ClIN2O3. The summed E-state index contributed by atoms with van der Waals surface area (Å²) in [5.41, 5.74) is 2.12. The molecule has 4 rings (SSSR count). The van der Waals surface area contributed by atoms with E-state index in [2.05, 4.69) is 46.1 Å². The third kappa shape index (κ3) is 6.17. The second kappa shape index (κ2) is 11.9. The van der Waals surface area contributed by atoms with Gasteiger partial charge >= 0.3 is 0 Å². The Morgan fingerprint density at radius 1 is 1.06 bits per heavy atom. The maximum Gasteiger partial charge on any atom is 0.266 e. The number of hydrogen-bond acceptors (Lipinski definition) is 4. The molecule has 0 radical (unpaired) electrons. The van der Waals surface area contributed by atoms with Gasteiger partial charge in [0.1, 0.15) is 18.2 Å². The third-order valence-corrected chi connectivity index (χ3v) is 6.29.